The number of unbranched alkanes of at least 4 members (excludes halogenated alkanes) is 12. The molecule has 0 atom stereocenters. The molecule has 0 radical (unpaired) electrons. The standard InChI is InChI=1S/C18H39NO2.C3H4O4/c1-3-5-6-7-8-9-10-11-12-13-14-15-16-17-18(20,21)19-4-2;4-2(5)1-3(6)7/h19-21H,3-17H2,1-2H3;1H2,(H,4,5)(H,6,7). The van der Waals surface area contributed by atoms with Gasteiger partial charge in [0.15, 0.2) is 0 Å². The van der Waals surface area contributed by atoms with E-state index in [1.54, 1.807) is 0 Å². The molecule has 0 bridgehead atoms. The van der Waals surface area contributed by atoms with E-state index in [2.05, 4.69) is 12.2 Å². The van der Waals surface area contributed by atoms with Crippen LogP contribution in [0.15, 0.2) is 0 Å². The van der Waals surface area contributed by atoms with Crippen molar-refractivity contribution in [1.29, 1.82) is 0 Å². The average molecular weight is 406 g/mol. The van der Waals surface area contributed by atoms with Crippen LogP contribution in [-0.4, -0.2) is 44.8 Å². The van der Waals surface area contributed by atoms with Gasteiger partial charge in [0.2, 0.25) is 5.91 Å². The summed E-state index contributed by atoms with van der Waals surface area (Å²) in [6.45, 7) is 4.73. The zero-order chi connectivity index (χ0) is 21.7. The van der Waals surface area contributed by atoms with Crippen LogP contribution in [0, 0.1) is 0 Å². The second-order valence-corrected chi connectivity index (χ2v) is 7.30. The summed E-state index contributed by atoms with van der Waals surface area (Å²) >= 11 is 0. The van der Waals surface area contributed by atoms with E-state index in [4.69, 9.17) is 10.2 Å². The second-order valence-electron chi connectivity index (χ2n) is 7.30. The molecule has 0 spiro atoms. The molecule has 28 heavy (non-hydrogen) atoms. The number of nitrogens with one attached hydrogen (secondary N) is 1. The maximum atomic E-state index is 9.54. The molecule has 0 aliphatic carbocycles. The van der Waals surface area contributed by atoms with Crippen LogP contribution >= 0.6 is 0 Å². The van der Waals surface area contributed by atoms with Crippen LogP contribution in [0.3, 0.4) is 0 Å². The molecule has 0 aliphatic heterocycles. The first kappa shape index (κ1) is 29.0. The van der Waals surface area contributed by atoms with E-state index < -0.39 is 24.3 Å². The molecule has 7 heteroatoms. The second kappa shape index (κ2) is 20.6. The molecule has 0 saturated heterocycles. The number of hydrogen-bond donors (Lipinski definition) is 5. The van der Waals surface area contributed by atoms with Gasteiger partial charge in [-0.2, -0.15) is 0 Å². The Bertz CT molecular complexity index is 362. The molecule has 0 aromatic heterocycles. The molecule has 168 valence electrons. The van der Waals surface area contributed by atoms with E-state index in [-0.39, 0.29) is 0 Å². The third-order valence-corrected chi connectivity index (χ3v) is 4.39. The highest BCUT2D eigenvalue weighted by Gasteiger charge is 2.19. The van der Waals surface area contributed by atoms with Crippen molar-refractivity contribution in [2.24, 2.45) is 0 Å². The van der Waals surface area contributed by atoms with Crippen molar-refractivity contribution in [2.45, 2.75) is 116 Å². The number of carboxylic acid groups (broad SMARTS) is 2. The predicted octanol–water partition coefficient (Wildman–Crippen LogP) is 4.26. The van der Waals surface area contributed by atoms with E-state index in [0.717, 1.165) is 12.8 Å². The minimum absolute atomic E-state index is 0.429. The Morgan fingerprint density at radius 3 is 1.32 bits per heavy atom. The van der Waals surface area contributed by atoms with Gasteiger partial charge in [-0.1, -0.05) is 90.9 Å². The molecule has 0 aliphatic rings. The lowest BCUT2D eigenvalue weighted by atomic mass is 10.0. The van der Waals surface area contributed by atoms with Gasteiger partial charge in [0.1, 0.15) is 6.42 Å². The Labute approximate surface area is 170 Å². The van der Waals surface area contributed by atoms with Gasteiger partial charge in [-0.05, 0) is 13.0 Å². The van der Waals surface area contributed by atoms with Gasteiger partial charge in [-0.25, -0.2) is 0 Å². The summed E-state index contributed by atoms with van der Waals surface area (Å²) in [6.07, 6.45) is 16.6. The topological polar surface area (TPSA) is 127 Å². The normalized spacial score (nSPS) is 11.0. The van der Waals surface area contributed by atoms with E-state index in [1.165, 1.54) is 70.6 Å². The minimum Gasteiger partial charge on any atom is -0.481 e. The fourth-order valence-corrected chi connectivity index (χ4v) is 2.89. The number of aliphatic hydroxyl groups is 2. The molecular formula is C21H43NO6. The van der Waals surface area contributed by atoms with Gasteiger partial charge in [0.25, 0.3) is 0 Å². The molecule has 5 N–H and O–H groups in total. The van der Waals surface area contributed by atoms with Crippen molar-refractivity contribution >= 4 is 11.9 Å². The zero-order valence-corrected chi connectivity index (χ0v) is 17.9. The average Bonchev–Trinajstić information content (AvgIpc) is 2.58. The number of hydrogen-bond acceptors (Lipinski definition) is 5. The van der Waals surface area contributed by atoms with Gasteiger partial charge >= 0.3 is 11.9 Å². The lowest BCUT2D eigenvalue weighted by Gasteiger charge is -2.21. The highest BCUT2D eigenvalue weighted by atomic mass is 16.5. The molecule has 0 saturated carbocycles. The number of carbonyl (C=O) groups is 2. The van der Waals surface area contributed by atoms with Crippen LogP contribution < -0.4 is 5.32 Å². The number of aliphatic carboxylic acids is 2. The third kappa shape index (κ3) is 27.0. The minimum atomic E-state index is -1.66. The lowest BCUT2D eigenvalue weighted by Crippen LogP contribution is -2.44. The maximum absolute atomic E-state index is 9.54. The molecule has 0 rings (SSSR count). The first-order chi connectivity index (χ1) is 13.2. The highest BCUT2D eigenvalue weighted by Crippen LogP contribution is 2.14. The Kier molecular flexibility index (Phi) is 21.3. The van der Waals surface area contributed by atoms with Crippen molar-refractivity contribution in [3.63, 3.8) is 0 Å². The van der Waals surface area contributed by atoms with Crippen LogP contribution in [-0.2, 0) is 9.59 Å². The molecule has 0 heterocycles. The third-order valence-electron chi connectivity index (χ3n) is 4.39. The number of carboxylic acids is 2. The molecule has 7 nitrogen and oxygen atoms in total. The van der Waals surface area contributed by atoms with Crippen LogP contribution in [0.2, 0.25) is 0 Å². The van der Waals surface area contributed by atoms with Crippen LogP contribution in [0.4, 0.5) is 0 Å². The summed E-state index contributed by atoms with van der Waals surface area (Å²) in [5.74, 6) is -4.29. The van der Waals surface area contributed by atoms with Crippen molar-refractivity contribution in [3.8, 4) is 0 Å². The Morgan fingerprint density at radius 1 is 0.679 bits per heavy atom. The summed E-state index contributed by atoms with van der Waals surface area (Å²) in [5.41, 5.74) is 0. The van der Waals surface area contributed by atoms with E-state index in [1.807, 2.05) is 6.92 Å². The molecular weight excluding hydrogens is 362 g/mol. The van der Waals surface area contributed by atoms with Crippen molar-refractivity contribution in [3.05, 3.63) is 0 Å². The van der Waals surface area contributed by atoms with Gasteiger partial charge in [0, 0.05) is 6.42 Å². The van der Waals surface area contributed by atoms with Crippen molar-refractivity contribution < 1.29 is 30.0 Å². The van der Waals surface area contributed by atoms with Crippen LogP contribution in [0.25, 0.3) is 0 Å². The van der Waals surface area contributed by atoms with Crippen LogP contribution in [0.5, 0.6) is 0 Å². The van der Waals surface area contributed by atoms with E-state index in [0.29, 0.717) is 13.0 Å². The monoisotopic (exact) mass is 405 g/mol. The predicted molar refractivity (Wildman–Crippen MR) is 111 cm³/mol. The van der Waals surface area contributed by atoms with Gasteiger partial charge in [-0.15, -0.1) is 0 Å². The van der Waals surface area contributed by atoms with E-state index >= 15 is 0 Å². The van der Waals surface area contributed by atoms with Crippen LogP contribution in [0.1, 0.15) is 110 Å². The number of rotatable bonds is 18. The summed E-state index contributed by atoms with van der Waals surface area (Å²) in [4.78, 5) is 18.9. The summed E-state index contributed by atoms with van der Waals surface area (Å²) < 4.78 is 0. The summed E-state index contributed by atoms with van der Waals surface area (Å²) in [7, 11) is 0. The zero-order valence-electron chi connectivity index (χ0n) is 17.9. The first-order valence-corrected chi connectivity index (χ1v) is 10.9. The Balaban J connectivity index is 0. The lowest BCUT2D eigenvalue weighted by molar-refractivity contribution is -0.189. The SMILES string of the molecule is CCCCCCCCCCCCCCCC(O)(O)NCC.O=C(O)CC(=O)O. The molecule has 0 aromatic rings. The molecule has 0 amide bonds. The fraction of sp³-hybridized carbons (Fsp3) is 0.905. The highest BCUT2D eigenvalue weighted by molar-refractivity contribution is 5.88. The smallest absolute Gasteiger partial charge is 0.314 e. The quantitative estimate of drug-likeness (QED) is 0.131. The van der Waals surface area contributed by atoms with Gasteiger partial charge < -0.3 is 20.4 Å². The molecule has 0 fully saturated rings. The summed E-state index contributed by atoms with van der Waals surface area (Å²) in [5, 5.41) is 37.2. The molecule has 0 aromatic carbocycles. The fourth-order valence-electron chi connectivity index (χ4n) is 2.89. The van der Waals surface area contributed by atoms with Crippen molar-refractivity contribution in [1.82, 2.24) is 5.32 Å². The largest absolute Gasteiger partial charge is 0.481 e. The summed E-state index contributed by atoms with van der Waals surface area (Å²) in [6, 6.07) is 0. The maximum Gasteiger partial charge on any atom is 0.314 e. The molecule has 0 unspecified atom stereocenters. The Hall–Kier alpha value is -1.18. The van der Waals surface area contributed by atoms with Crippen molar-refractivity contribution in [2.75, 3.05) is 6.54 Å². The van der Waals surface area contributed by atoms with Gasteiger partial charge in [-0.3, -0.25) is 14.9 Å². The Morgan fingerprint density at radius 2 is 1.04 bits per heavy atom. The van der Waals surface area contributed by atoms with Gasteiger partial charge in [0.05, 0.1) is 0 Å². The first-order valence-electron chi connectivity index (χ1n) is 10.9. The van der Waals surface area contributed by atoms with E-state index in [9.17, 15) is 19.8 Å².